The fraction of sp³-hybridized carbons (Fsp3) is 0.478. The molecule has 2 aliphatic heterocycles. The minimum atomic E-state index is -0.368. The SMILES string of the molecule is NCN(Cc1nc2c(c(=O)[nH]1)COCC2)C(=O)CN1CCC(C(=O)c2ccc(F)cc2)CC1. The highest BCUT2D eigenvalue weighted by molar-refractivity contribution is 5.97. The van der Waals surface area contributed by atoms with Crippen LogP contribution >= 0.6 is 0 Å². The van der Waals surface area contributed by atoms with Crippen molar-refractivity contribution in [2.24, 2.45) is 11.7 Å². The average molecular weight is 458 g/mol. The summed E-state index contributed by atoms with van der Waals surface area (Å²) in [5.74, 6) is -0.251. The molecule has 0 saturated carbocycles. The van der Waals surface area contributed by atoms with E-state index in [9.17, 15) is 18.8 Å². The minimum absolute atomic E-state index is 0.00224. The number of nitrogens with two attached hydrogens (primary N) is 1. The zero-order valence-electron chi connectivity index (χ0n) is 18.4. The Kier molecular flexibility index (Phi) is 7.26. The summed E-state index contributed by atoms with van der Waals surface area (Å²) in [5.41, 5.74) is 7.33. The lowest BCUT2D eigenvalue weighted by molar-refractivity contribution is -0.133. The Morgan fingerprint density at radius 2 is 1.97 bits per heavy atom. The molecule has 0 atom stereocenters. The van der Waals surface area contributed by atoms with E-state index in [4.69, 9.17) is 10.5 Å². The van der Waals surface area contributed by atoms with Crippen LogP contribution in [0.4, 0.5) is 4.39 Å². The summed E-state index contributed by atoms with van der Waals surface area (Å²) < 4.78 is 18.4. The molecule has 3 N–H and O–H groups in total. The van der Waals surface area contributed by atoms with Gasteiger partial charge in [0.25, 0.3) is 5.56 Å². The number of halogens is 1. The van der Waals surface area contributed by atoms with Crippen LogP contribution in [-0.2, 0) is 29.1 Å². The summed E-state index contributed by atoms with van der Waals surface area (Å²) in [6.07, 6.45) is 1.83. The van der Waals surface area contributed by atoms with Crippen LogP contribution in [0.1, 0.15) is 40.3 Å². The van der Waals surface area contributed by atoms with Crippen molar-refractivity contribution in [3.63, 3.8) is 0 Å². The van der Waals surface area contributed by atoms with Crippen LogP contribution in [0.5, 0.6) is 0 Å². The fourth-order valence-electron chi connectivity index (χ4n) is 4.30. The van der Waals surface area contributed by atoms with E-state index in [1.54, 1.807) is 0 Å². The molecule has 2 aliphatic rings. The highest BCUT2D eigenvalue weighted by Crippen LogP contribution is 2.22. The Balaban J connectivity index is 1.31. The zero-order valence-corrected chi connectivity index (χ0v) is 18.4. The van der Waals surface area contributed by atoms with Gasteiger partial charge in [-0.05, 0) is 50.2 Å². The number of piperidine rings is 1. The van der Waals surface area contributed by atoms with E-state index in [1.165, 1.54) is 29.2 Å². The number of rotatable bonds is 7. The number of aromatic amines is 1. The molecule has 33 heavy (non-hydrogen) atoms. The Morgan fingerprint density at radius 3 is 2.67 bits per heavy atom. The molecule has 0 spiro atoms. The monoisotopic (exact) mass is 457 g/mol. The lowest BCUT2D eigenvalue weighted by atomic mass is 9.89. The number of carbonyl (C=O) groups is 2. The molecular weight excluding hydrogens is 429 g/mol. The van der Waals surface area contributed by atoms with E-state index < -0.39 is 0 Å². The number of amides is 1. The third-order valence-electron chi connectivity index (χ3n) is 6.24. The van der Waals surface area contributed by atoms with E-state index in [0.717, 1.165) is 0 Å². The van der Waals surface area contributed by atoms with Gasteiger partial charge in [-0.2, -0.15) is 0 Å². The third kappa shape index (κ3) is 5.52. The number of nitrogens with one attached hydrogen (secondary N) is 1. The van der Waals surface area contributed by atoms with Crippen molar-refractivity contribution in [2.45, 2.75) is 32.4 Å². The Labute approximate surface area is 190 Å². The first kappa shape index (κ1) is 23.2. The summed E-state index contributed by atoms with van der Waals surface area (Å²) in [7, 11) is 0. The van der Waals surface area contributed by atoms with Gasteiger partial charge in [-0.3, -0.25) is 19.3 Å². The van der Waals surface area contributed by atoms with Gasteiger partial charge >= 0.3 is 0 Å². The number of nitrogens with zero attached hydrogens (tertiary/aromatic N) is 3. The number of carbonyl (C=O) groups excluding carboxylic acids is 2. The lowest BCUT2D eigenvalue weighted by Crippen LogP contribution is -2.46. The fourth-order valence-corrected chi connectivity index (χ4v) is 4.30. The van der Waals surface area contributed by atoms with Crippen molar-refractivity contribution < 1.29 is 18.7 Å². The second kappa shape index (κ2) is 10.3. The number of aromatic nitrogens is 2. The maximum absolute atomic E-state index is 13.1. The van der Waals surface area contributed by atoms with Gasteiger partial charge in [-0.25, -0.2) is 9.37 Å². The highest BCUT2D eigenvalue weighted by Gasteiger charge is 2.28. The van der Waals surface area contributed by atoms with Crippen molar-refractivity contribution in [1.82, 2.24) is 19.8 Å². The van der Waals surface area contributed by atoms with Gasteiger partial charge in [0.2, 0.25) is 5.91 Å². The molecule has 0 aliphatic carbocycles. The quantitative estimate of drug-likeness (QED) is 0.466. The van der Waals surface area contributed by atoms with Gasteiger partial charge in [-0.1, -0.05) is 0 Å². The number of benzene rings is 1. The number of H-pyrrole nitrogens is 1. The zero-order chi connectivity index (χ0) is 23.4. The highest BCUT2D eigenvalue weighted by atomic mass is 19.1. The molecule has 9 nitrogen and oxygen atoms in total. The van der Waals surface area contributed by atoms with E-state index in [0.29, 0.717) is 61.6 Å². The molecule has 10 heteroatoms. The van der Waals surface area contributed by atoms with Crippen molar-refractivity contribution in [2.75, 3.05) is 32.9 Å². The van der Waals surface area contributed by atoms with Crippen molar-refractivity contribution in [1.29, 1.82) is 0 Å². The van der Waals surface area contributed by atoms with Crippen LogP contribution in [0.15, 0.2) is 29.1 Å². The number of likely N-dealkylation sites (tertiary alicyclic amines) is 1. The third-order valence-corrected chi connectivity index (χ3v) is 6.24. The molecule has 1 aromatic heterocycles. The lowest BCUT2D eigenvalue weighted by Gasteiger charge is -2.32. The second-order valence-corrected chi connectivity index (χ2v) is 8.44. The van der Waals surface area contributed by atoms with Gasteiger partial charge in [0.15, 0.2) is 5.78 Å². The Hall–Kier alpha value is -2.95. The minimum Gasteiger partial charge on any atom is -0.376 e. The van der Waals surface area contributed by atoms with E-state index in [-0.39, 0.29) is 55.3 Å². The van der Waals surface area contributed by atoms with Gasteiger partial charge in [0.1, 0.15) is 11.6 Å². The van der Waals surface area contributed by atoms with E-state index in [2.05, 4.69) is 9.97 Å². The maximum Gasteiger partial charge on any atom is 0.256 e. The number of fused-ring (bicyclic) bond motifs is 1. The van der Waals surface area contributed by atoms with Gasteiger partial charge in [0, 0.05) is 17.9 Å². The van der Waals surface area contributed by atoms with Crippen LogP contribution in [0, 0.1) is 11.7 Å². The van der Waals surface area contributed by atoms with Crippen LogP contribution < -0.4 is 11.3 Å². The number of Topliss-reactive ketones (excluding diaryl/α,β-unsaturated/α-hetero) is 1. The largest absolute Gasteiger partial charge is 0.376 e. The molecule has 1 aromatic carbocycles. The van der Waals surface area contributed by atoms with Crippen LogP contribution in [-0.4, -0.2) is 64.4 Å². The summed E-state index contributed by atoms with van der Waals surface area (Å²) in [5, 5.41) is 0. The topological polar surface area (TPSA) is 122 Å². The number of hydrogen-bond donors (Lipinski definition) is 2. The number of ketones is 1. The molecule has 1 saturated heterocycles. The predicted molar refractivity (Wildman–Crippen MR) is 118 cm³/mol. The molecule has 1 amide bonds. The first-order valence-electron chi connectivity index (χ1n) is 11.1. The number of hydrogen-bond acceptors (Lipinski definition) is 7. The molecule has 0 bridgehead atoms. The maximum atomic E-state index is 13.1. The predicted octanol–water partition coefficient (Wildman–Crippen LogP) is 0.821. The van der Waals surface area contributed by atoms with Gasteiger partial charge < -0.3 is 20.4 Å². The van der Waals surface area contributed by atoms with Crippen molar-refractivity contribution in [3.8, 4) is 0 Å². The van der Waals surface area contributed by atoms with Crippen molar-refractivity contribution in [3.05, 3.63) is 63.1 Å². The molecule has 176 valence electrons. The summed E-state index contributed by atoms with van der Waals surface area (Å²) in [4.78, 5) is 48.5. The Morgan fingerprint density at radius 1 is 1.24 bits per heavy atom. The van der Waals surface area contributed by atoms with Crippen molar-refractivity contribution >= 4 is 11.7 Å². The van der Waals surface area contributed by atoms with Gasteiger partial charge in [-0.15, -0.1) is 0 Å². The summed E-state index contributed by atoms with van der Waals surface area (Å²) >= 11 is 0. The van der Waals surface area contributed by atoms with E-state index in [1.807, 2.05) is 4.90 Å². The van der Waals surface area contributed by atoms with E-state index >= 15 is 0 Å². The molecule has 0 unspecified atom stereocenters. The summed E-state index contributed by atoms with van der Waals surface area (Å²) in [6, 6.07) is 5.61. The van der Waals surface area contributed by atoms with Crippen LogP contribution in [0.3, 0.4) is 0 Å². The van der Waals surface area contributed by atoms with Crippen LogP contribution in [0.25, 0.3) is 0 Å². The normalized spacial score (nSPS) is 16.9. The van der Waals surface area contributed by atoms with Gasteiger partial charge in [0.05, 0.1) is 44.2 Å². The molecule has 3 heterocycles. The standard InChI is InChI=1S/C23H28FN5O4/c24-17-3-1-15(2-4-17)22(31)16-5-8-28(9-6-16)12-21(30)29(14-25)11-20-26-19-7-10-33-13-18(19)23(32)27-20/h1-4,16H,5-14,25H2,(H,26,27,32). The number of ether oxygens (including phenoxy) is 1. The molecule has 0 radical (unpaired) electrons. The molecule has 4 rings (SSSR count). The smallest absolute Gasteiger partial charge is 0.256 e. The first-order valence-corrected chi connectivity index (χ1v) is 11.1. The Bertz CT molecular complexity index is 1060. The average Bonchev–Trinajstić information content (AvgIpc) is 2.83. The molecular formula is C23H28FN5O4. The first-order chi connectivity index (χ1) is 15.9. The van der Waals surface area contributed by atoms with Crippen LogP contribution in [0.2, 0.25) is 0 Å². The molecule has 1 fully saturated rings. The summed E-state index contributed by atoms with van der Waals surface area (Å²) in [6.45, 7) is 2.28. The second-order valence-electron chi connectivity index (χ2n) is 8.44. The molecule has 2 aromatic rings.